The van der Waals surface area contributed by atoms with Crippen molar-refractivity contribution in [3.63, 3.8) is 0 Å². The molecule has 3 heteroatoms. The van der Waals surface area contributed by atoms with Gasteiger partial charge in [0.15, 0.2) is 0 Å². The summed E-state index contributed by atoms with van der Waals surface area (Å²) >= 11 is 3.55. The van der Waals surface area contributed by atoms with Gasteiger partial charge in [-0.2, -0.15) is 0 Å². The van der Waals surface area contributed by atoms with E-state index in [0.717, 1.165) is 12.0 Å². The van der Waals surface area contributed by atoms with E-state index in [2.05, 4.69) is 60.1 Å². The first kappa shape index (κ1) is 17.0. The van der Waals surface area contributed by atoms with Gasteiger partial charge in [-0.3, -0.25) is 4.79 Å². The number of rotatable bonds is 4. The zero-order valence-corrected chi connectivity index (χ0v) is 15.6. The SMILES string of the molecule is CCC1=CC(Br)C(=O)N([C@@H](C)c2ccccc2)[C@@H]1c1ccccc1. The predicted octanol–water partition coefficient (Wildman–Crippen LogP) is 5.43. The molecule has 0 radical (unpaired) electrons. The molecule has 0 bridgehead atoms. The van der Waals surface area contributed by atoms with E-state index < -0.39 is 0 Å². The first-order valence-electron chi connectivity index (χ1n) is 8.40. The quantitative estimate of drug-likeness (QED) is 0.508. The van der Waals surface area contributed by atoms with Crippen LogP contribution in [0, 0.1) is 0 Å². The summed E-state index contributed by atoms with van der Waals surface area (Å²) < 4.78 is 0. The first-order valence-corrected chi connectivity index (χ1v) is 9.31. The number of halogens is 1. The monoisotopic (exact) mass is 383 g/mol. The number of hydrogen-bond donors (Lipinski definition) is 0. The number of hydrogen-bond acceptors (Lipinski definition) is 1. The van der Waals surface area contributed by atoms with Crippen molar-refractivity contribution < 1.29 is 4.79 Å². The summed E-state index contributed by atoms with van der Waals surface area (Å²) in [5.74, 6) is 0.123. The van der Waals surface area contributed by atoms with Crippen molar-refractivity contribution in [1.82, 2.24) is 4.90 Å². The topological polar surface area (TPSA) is 20.3 Å². The third-order valence-corrected chi connectivity index (χ3v) is 5.36. The van der Waals surface area contributed by atoms with Gasteiger partial charge in [0.2, 0.25) is 5.91 Å². The highest BCUT2D eigenvalue weighted by Gasteiger charge is 2.38. The molecule has 24 heavy (non-hydrogen) atoms. The van der Waals surface area contributed by atoms with Crippen molar-refractivity contribution in [1.29, 1.82) is 0 Å². The lowest BCUT2D eigenvalue weighted by Gasteiger charge is -2.42. The minimum atomic E-state index is -0.251. The lowest BCUT2D eigenvalue weighted by molar-refractivity contribution is -0.134. The zero-order valence-electron chi connectivity index (χ0n) is 14.0. The molecule has 1 amide bonds. The van der Waals surface area contributed by atoms with Gasteiger partial charge in [-0.1, -0.05) is 89.6 Å². The van der Waals surface area contributed by atoms with Crippen LogP contribution < -0.4 is 0 Å². The molecule has 0 aromatic heterocycles. The van der Waals surface area contributed by atoms with Crippen LogP contribution in [-0.2, 0) is 4.79 Å². The van der Waals surface area contributed by atoms with E-state index in [-0.39, 0.29) is 22.8 Å². The minimum absolute atomic E-state index is 0.00675. The first-order chi connectivity index (χ1) is 11.6. The van der Waals surface area contributed by atoms with E-state index in [1.54, 1.807) is 0 Å². The van der Waals surface area contributed by atoms with E-state index in [1.807, 2.05) is 41.3 Å². The van der Waals surface area contributed by atoms with Crippen molar-refractivity contribution in [3.8, 4) is 0 Å². The summed E-state index contributed by atoms with van der Waals surface area (Å²) in [5, 5.41) is 0. The second-order valence-corrected chi connectivity index (χ2v) is 7.13. The van der Waals surface area contributed by atoms with Gasteiger partial charge in [-0.15, -0.1) is 0 Å². The Labute approximate surface area is 152 Å². The Balaban J connectivity index is 2.09. The van der Waals surface area contributed by atoms with Crippen LogP contribution in [0.4, 0.5) is 0 Å². The molecule has 0 N–H and O–H groups in total. The van der Waals surface area contributed by atoms with Crippen molar-refractivity contribution in [3.05, 3.63) is 83.4 Å². The second-order valence-electron chi connectivity index (χ2n) is 6.14. The molecular weight excluding hydrogens is 362 g/mol. The van der Waals surface area contributed by atoms with Gasteiger partial charge in [-0.05, 0) is 30.0 Å². The average Bonchev–Trinajstić information content (AvgIpc) is 2.64. The van der Waals surface area contributed by atoms with Gasteiger partial charge in [0.05, 0.1) is 12.1 Å². The van der Waals surface area contributed by atoms with Crippen LogP contribution >= 0.6 is 15.9 Å². The maximum atomic E-state index is 13.0. The molecule has 1 aliphatic rings. The molecule has 0 saturated heterocycles. The summed E-state index contributed by atoms with van der Waals surface area (Å²) in [5.41, 5.74) is 3.61. The molecule has 124 valence electrons. The van der Waals surface area contributed by atoms with Crippen LogP contribution in [0.15, 0.2) is 72.3 Å². The summed E-state index contributed by atoms with van der Waals surface area (Å²) in [7, 11) is 0. The fraction of sp³-hybridized carbons (Fsp3) is 0.286. The smallest absolute Gasteiger partial charge is 0.241 e. The highest BCUT2D eigenvalue weighted by atomic mass is 79.9. The molecule has 1 heterocycles. The Morgan fingerprint density at radius 1 is 1.04 bits per heavy atom. The van der Waals surface area contributed by atoms with Crippen molar-refractivity contribution in [2.45, 2.75) is 37.2 Å². The van der Waals surface area contributed by atoms with E-state index >= 15 is 0 Å². The Bertz CT molecular complexity index is 726. The number of carbonyl (C=O) groups excluding carboxylic acids is 1. The fourth-order valence-electron chi connectivity index (χ4n) is 3.43. The molecule has 0 aliphatic carbocycles. The van der Waals surface area contributed by atoms with Crippen molar-refractivity contribution in [2.75, 3.05) is 0 Å². The highest BCUT2D eigenvalue weighted by molar-refractivity contribution is 9.10. The van der Waals surface area contributed by atoms with E-state index in [9.17, 15) is 4.79 Å². The van der Waals surface area contributed by atoms with Gasteiger partial charge in [0, 0.05) is 0 Å². The molecule has 2 aromatic rings. The Morgan fingerprint density at radius 2 is 1.62 bits per heavy atom. The maximum Gasteiger partial charge on any atom is 0.241 e. The molecule has 3 atom stereocenters. The molecule has 0 saturated carbocycles. The molecule has 2 nitrogen and oxygen atoms in total. The maximum absolute atomic E-state index is 13.0. The summed E-state index contributed by atoms with van der Waals surface area (Å²) in [6.07, 6.45) is 3.00. The van der Waals surface area contributed by atoms with Crippen LogP contribution in [0.1, 0.15) is 43.5 Å². The van der Waals surface area contributed by atoms with Gasteiger partial charge < -0.3 is 4.90 Å². The second kappa shape index (κ2) is 7.35. The lowest BCUT2D eigenvalue weighted by atomic mass is 9.88. The Morgan fingerprint density at radius 3 is 2.21 bits per heavy atom. The largest absolute Gasteiger partial charge is 0.324 e. The van der Waals surface area contributed by atoms with E-state index in [0.29, 0.717) is 0 Å². The summed E-state index contributed by atoms with van der Waals surface area (Å²) in [6, 6.07) is 20.6. The minimum Gasteiger partial charge on any atom is -0.324 e. The molecule has 0 spiro atoms. The van der Waals surface area contributed by atoms with Crippen LogP contribution in [0.5, 0.6) is 0 Å². The number of alkyl halides is 1. The normalized spacial score (nSPS) is 22.2. The highest BCUT2D eigenvalue weighted by Crippen LogP contribution is 2.41. The Kier molecular flexibility index (Phi) is 5.20. The molecular formula is C21H22BrNO. The fourth-order valence-corrected chi connectivity index (χ4v) is 4.00. The number of benzene rings is 2. The lowest BCUT2D eigenvalue weighted by Crippen LogP contribution is -2.44. The molecule has 3 rings (SSSR count). The third-order valence-electron chi connectivity index (χ3n) is 4.70. The number of amides is 1. The van der Waals surface area contributed by atoms with Gasteiger partial charge in [0.1, 0.15) is 4.83 Å². The zero-order chi connectivity index (χ0) is 17.1. The van der Waals surface area contributed by atoms with Crippen molar-refractivity contribution in [2.24, 2.45) is 0 Å². The van der Waals surface area contributed by atoms with E-state index in [1.165, 1.54) is 11.1 Å². The molecule has 1 aliphatic heterocycles. The van der Waals surface area contributed by atoms with Crippen LogP contribution in [0.3, 0.4) is 0 Å². The van der Waals surface area contributed by atoms with E-state index in [4.69, 9.17) is 0 Å². The van der Waals surface area contributed by atoms with Crippen molar-refractivity contribution >= 4 is 21.8 Å². The van der Waals surface area contributed by atoms with Gasteiger partial charge in [-0.25, -0.2) is 0 Å². The summed E-state index contributed by atoms with van der Waals surface area (Å²) in [6.45, 7) is 4.27. The molecule has 1 unspecified atom stereocenters. The summed E-state index contributed by atoms with van der Waals surface area (Å²) in [4.78, 5) is 14.8. The number of carbonyl (C=O) groups is 1. The Hall–Kier alpha value is -1.87. The third kappa shape index (κ3) is 3.18. The molecule has 2 aromatic carbocycles. The van der Waals surface area contributed by atoms with Gasteiger partial charge in [0.25, 0.3) is 0 Å². The predicted molar refractivity (Wildman–Crippen MR) is 102 cm³/mol. The average molecular weight is 384 g/mol. The molecule has 0 fully saturated rings. The van der Waals surface area contributed by atoms with Crippen LogP contribution in [0.25, 0.3) is 0 Å². The van der Waals surface area contributed by atoms with Gasteiger partial charge >= 0.3 is 0 Å². The standard InChI is InChI=1S/C21H22BrNO/c1-3-16-14-19(22)21(24)23(15(2)17-10-6-4-7-11-17)20(16)18-12-8-5-9-13-18/h4-15,19-20H,3H2,1-2H3/t15-,19?,20-/m0/s1. The number of nitrogens with zero attached hydrogens (tertiary/aromatic N) is 1. The van der Waals surface area contributed by atoms with Crippen LogP contribution in [-0.4, -0.2) is 15.6 Å². The van der Waals surface area contributed by atoms with Crippen LogP contribution in [0.2, 0.25) is 0 Å².